The second kappa shape index (κ2) is 5.76. The Hall–Kier alpha value is -1.71. The number of nitrogens with zero attached hydrogens (tertiary/aromatic N) is 1. The number of aromatic nitrogens is 1. The third kappa shape index (κ3) is 4.65. The number of carbonyl (C=O) groups excluding carboxylic acids is 2. The predicted molar refractivity (Wildman–Crippen MR) is 68.2 cm³/mol. The molecule has 1 rings (SSSR count). The zero-order valence-corrected chi connectivity index (χ0v) is 11.3. The van der Waals surface area contributed by atoms with Crippen LogP contribution in [0.25, 0.3) is 0 Å². The fraction of sp³-hybridized carbons (Fsp3) is 0.500. The molecule has 98 valence electrons. The summed E-state index contributed by atoms with van der Waals surface area (Å²) in [5.74, 6) is -0.959. The molecular weight excluding hydrogens is 230 g/mol. The van der Waals surface area contributed by atoms with E-state index < -0.39 is 11.5 Å². The Morgan fingerprint density at radius 3 is 2.50 bits per heavy atom. The van der Waals surface area contributed by atoms with Gasteiger partial charge in [0.2, 0.25) is 0 Å². The second-order valence-corrected chi connectivity index (χ2v) is 5.28. The van der Waals surface area contributed by atoms with Crippen LogP contribution >= 0.6 is 0 Å². The normalized spacial score (nSPS) is 12.9. The van der Waals surface area contributed by atoms with Gasteiger partial charge in [-0.1, -0.05) is 13.0 Å². The van der Waals surface area contributed by atoms with E-state index in [1.807, 2.05) is 0 Å². The van der Waals surface area contributed by atoms with Gasteiger partial charge in [0.25, 0.3) is 0 Å². The Morgan fingerprint density at radius 1 is 1.33 bits per heavy atom. The van der Waals surface area contributed by atoms with Gasteiger partial charge in [-0.25, -0.2) is 0 Å². The zero-order chi connectivity index (χ0) is 13.8. The van der Waals surface area contributed by atoms with Crippen LogP contribution in [0, 0.1) is 5.92 Å². The highest BCUT2D eigenvalue weighted by Crippen LogP contribution is 2.15. The number of pyridine rings is 1. The van der Waals surface area contributed by atoms with Crippen molar-refractivity contribution < 1.29 is 14.3 Å². The van der Waals surface area contributed by atoms with Crippen LogP contribution in [-0.4, -0.2) is 22.3 Å². The molecule has 0 aliphatic heterocycles. The predicted octanol–water partition coefficient (Wildman–Crippen LogP) is 2.63. The monoisotopic (exact) mass is 249 g/mol. The van der Waals surface area contributed by atoms with Crippen molar-refractivity contribution in [1.82, 2.24) is 4.98 Å². The summed E-state index contributed by atoms with van der Waals surface area (Å²) in [5, 5.41) is 0. The lowest BCUT2D eigenvalue weighted by molar-refractivity contribution is -0.159. The zero-order valence-electron chi connectivity index (χ0n) is 11.3. The fourth-order valence-electron chi connectivity index (χ4n) is 1.40. The number of rotatable bonds is 4. The van der Waals surface area contributed by atoms with Crippen molar-refractivity contribution in [2.24, 2.45) is 5.92 Å². The first-order chi connectivity index (χ1) is 8.29. The van der Waals surface area contributed by atoms with Crippen LogP contribution in [0.4, 0.5) is 0 Å². The lowest BCUT2D eigenvalue weighted by atomic mass is 10.0. The van der Waals surface area contributed by atoms with Crippen molar-refractivity contribution in [3.05, 3.63) is 30.1 Å². The van der Waals surface area contributed by atoms with Gasteiger partial charge in [-0.05, 0) is 32.9 Å². The van der Waals surface area contributed by atoms with Crippen molar-refractivity contribution in [3.8, 4) is 0 Å². The molecule has 0 bridgehead atoms. The molecule has 0 amide bonds. The van der Waals surface area contributed by atoms with Crippen LogP contribution in [-0.2, 0) is 9.53 Å². The van der Waals surface area contributed by atoms with Crippen LogP contribution < -0.4 is 0 Å². The quantitative estimate of drug-likeness (QED) is 0.608. The summed E-state index contributed by atoms with van der Waals surface area (Å²) >= 11 is 0. The number of esters is 1. The standard InChI is InChI=1S/C14H19NO3/c1-10(13(17)18-14(2,3)4)9-12(16)11-7-5-6-8-15-11/h5-8,10H,9H2,1-4H3. The summed E-state index contributed by atoms with van der Waals surface area (Å²) < 4.78 is 5.22. The van der Waals surface area contributed by atoms with Gasteiger partial charge >= 0.3 is 5.97 Å². The Kier molecular flexibility index (Phi) is 4.59. The molecule has 4 nitrogen and oxygen atoms in total. The molecule has 0 N–H and O–H groups in total. The molecule has 0 saturated heterocycles. The number of hydrogen-bond donors (Lipinski definition) is 0. The second-order valence-electron chi connectivity index (χ2n) is 5.28. The Bertz CT molecular complexity index is 420. The van der Waals surface area contributed by atoms with E-state index >= 15 is 0 Å². The summed E-state index contributed by atoms with van der Waals surface area (Å²) in [4.78, 5) is 27.5. The highest BCUT2D eigenvalue weighted by atomic mass is 16.6. The molecule has 1 aromatic rings. The summed E-state index contributed by atoms with van der Waals surface area (Å²) in [6, 6.07) is 5.14. The van der Waals surface area contributed by atoms with Gasteiger partial charge in [0.15, 0.2) is 5.78 Å². The van der Waals surface area contributed by atoms with Crippen molar-refractivity contribution in [2.75, 3.05) is 0 Å². The van der Waals surface area contributed by atoms with Crippen LogP contribution in [0.2, 0.25) is 0 Å². The average molecular weight is 249 g/mol. The molecule has 0 aliphatic carbocycles. The number of carbonyl (C=O) groups is 2. The minimum absolute atomic E-state index is 0.117. The lowest BCUT2D eigenvalue weighted by Crippen LogP contribution is -2.28. The Morgan fingerprint density at radius 2 is 2.00 bits per heavy atom. The van der Waals surface area contributed by atoms with Gasteiger partial charge in [0.05, 0.1) is 5.92 Å². The molecule has 1 aromatic heterocycles. The smallest absolute Gasteiger partial charge is 0.309 e. The minimum atomic E-state index is -0.528. The first-order valence-electron chi connectivity index (χ1n) is 5.96. The van der Waals surface area contributed by atoms with Crippen LogP contribution in [0.3, 0.4) is 0 Å². The topological polar surface area (TPSA) is 56.3 Å². The van der Waals surface area contributed by atoms with Gasteiger partial charge in [-0.15, -0.1) is 0 Å². The average Bonchev–Trinajstić information content (AvgIpc) is 2.27. The first-order valence-corrected chi connectivity index (χ1v) is 5.96. The van der Waals surface area contributed by atoms with E-state index in [-0.39, 0.29) is 18.2 Å². The molecule has 0 radical (unpaired) electrons. The van der Waals surface area contributed by atoms with Crippen molar-refractivity contribution in [3.63, 3.8) is 0 Å². The summed E-state index contributed by atoms with van der Waals surface area (Å²) in [6.07, 6.45) is 1.68. The molecule has 18 heavy (non-hydrogen) atoms. The third-order valence-corrected chi connectivity index (χ3v) is 2.25. The van der Waals surface area contributed by atoms with Crippen LogP contribution in [0.5, 0.6) is 0 Å². The molecule has 1 atom stereocenters. The van der Waals surface area contributed by atoms with E-state index in [9.17, 15) is 9.59 Å². The highest BCUT2D eigenvalue weighted by Gasteiger charge is 2.24. The van der Waals surface area contributed by atoms with Crippen molar-refractivity contribution >= 4 is 11.8 Å². The lowest BCUT2D eigenvalue weighted by Gasteiger charge is -2.21. The Balaban J connectivity index is 2.58. The number of ketones is 1. The van der Waals surface area contributed by atoms with Crippen molar-refractivity contribution in [2.45, 2.75) is 39.7 Å². The molecule has 4 heteroatoms. The van der Waals surface area contributed by atoms with Gasteiger partial charge in [0.1, 0.15) is 11.3 Å². The van der Waals surface area contributed by atoms with E-state index in [1.165, 1.54) is 0 Å². The van der Waals surface area contributed by atoms with Gasteiger partial charge in [0, 0.05) is 12.6 Å². The van der Waals surface area contributed by atoms with Crippen LogP contribution in [0.1, 0.15) is 44.6 Å². The number of hydrogen-bond acceptors (Lipinski definition) is 4. The maximum absolute atomic E-state index is 11.9. The minimum Gasteiger partial charge on any atom is -0.460 e. The maximum Gasteiger partial charge on any atom is 0.309 e. The summed E-state index contributed by atoms with van der Waals surface area (Å²) in [7, 11) is 0. The van der Waals surface area contributed by atoms with E-state index in [0.717, 1.165) is 0 Å². The SMILES string of the molecule is CC(CC(=O)c1ccccn1)C(=O)OC(C)(C)C. The van der Waals surface area contributed by atoms with E-state index in [0.29, 0.717) is 5.69 Å². The van der Waals surface area contributed by atoms with Crippen LogP contribution in [0.15, 0.2) is 24.4 Å². The molecule has 0 fully saturated rings. The fourth-order valence-corrected chi connectivity index (χ4v) is 1.40. The van der Waals surface area contributed by atoms with Gasteiger partial charge in [-0.3, -0.25) is 14.6 Å². The third-order valence-electron chi connectivity index (χ3n) is 2.25. The highest BCUT2D eigenvalue weighted by molar-refractivity contribution is 5.96. The molecule has 0 aliphatic rings. The van der Waals surface area contributed by atoms with Crippen molar-refractivity contribution in [1.29, 1.82) is 0 Å². The molecule has 0 spiro atoms. The first kappa shape index (κ1) is 14.4. The molecule has 0 saturated carbocycles. The number of ether oxygens (including phenoxy) is 1. The summed E-state index contributed by atoms with van der Waals surface area (Å²) in [5.41, 5.74) is -0.146. The molecule has 0 aromatic carbocycles. The largest absolute Gasteiger partial charge is 0.460 e. The maximum atomic E-state index is 11.9. The van der Waals surface area contributed by atoms with E-state index in [1.54, 1.807) is 52.1 Å². The molecule has 1 unspecified atom stereocenters. The molecular formula is C14H19NO3. The van der Waals surface area contributed by atoms with E-state index in [2.05, 4.69) is 4.98 Å². The number of Topliss-reactive ketones (excluding diaryl/α,β-unsaturated/α-hetero) is 1. The molecule has 1 heterocycles. The van der Waals surface area contributed by atoms with E-state index in [4.69, 9.17) is 4.74 Å². The van der Waals surface area contributed by atoms with Gasteiger partial charge < -0.3 is 4.74 Å². The Labute approximate surface area is 107 Å². The summed E-state index contributed by atoms with van der Waals surface area (Å²) in [6.45, 7) is 7.10. The van der Waals surface area contributed by atoms with Gasteiger partial charge in [-0.2, -0.15) is 0 Å².